The molecule has 0 heterocycles. The Bertz CT molecular complexity index is 841. The highest BCUT2D eigenvalue weighted by Gasteiger charge is 2.10. The topological polar surface area (TPSA) is 41.5 Å². The van der Waals surface area contributed by atoms with Crippen LogP contribution in [0.5, 0.6) is 5.75 Å². The summed E-state index contributed by atoms with van der Waals surface area (Å²) in [5.41, 5.74) is 1.09. The fourth-order valence-corrected chi connectivity index (χ4v) is 2.91. The zero-order valence-corrected chi connectivity index (χ0v) is 16.1. The third-order valence-electron chi connectivity index (χ3n) is 4.17. The predicted octanol–water partition coefficient (Wildman–Crippen LogP) is 5.01. The molecule has 2 atom stereocenters. The summed E-state index contributed by atoms with van der Waals surface area (Å²) in [6.45, 7) is 2.73. The number of hydrogen-bond donors (Lipinski definition) is 2. The van der Waals surface area contributed by atoms with Crippen molar-refractivity contribution >= 4 is 34.8 Å². The van der Waals surface area contributed by atoms with Crippen LogP contribution in [0.3, 0.4) is 0 Å². The molecule has 0 radical (unpaired) electrons. The van der Waals surface area contributed by atoms with Gasteiger partial charge < -0.3 is 15.2 Å². The second-order valence-electron chi connectivity index (χ2n) is 6.16. The lowest BCUT2D eigenvalue weighted by Gasteiger charge is -2.18. The predicted molar refractivity (Wildman–Crippen MR) is 111 cm³/mol. The summed E-state index contributed by atoms with van der Waals surface area (Å²) in [7, 11) is 0. The van der Waals surface area contributed by atoms with Crippen LogP contribution in [0.15, 0.2) is 66.7 Å². The van der Waals surface area contributed by atoms with Crippen molar-refractivity contribution in [2.75, 3.05) is 13.2 Å². The smallest absolute Gasteiger partial charge is 0.120 e. The van der Waals surface area contributed by atoms with E-state index in [-0.39, 0.29) is 25.1 Å². The van der Waals surface area contributed by atoms with Gasteiger partial charge in [-0.15, -0.1) is 12.4 Å². The number of aliphatic hydroxyl groups excluding tert-OH is 1. The van der Waals surface area contributed by atoms with Gasteiger partial charge in [-0.05, 0) is 47.5 Å². The van der Waals surface area contributed by atoms with Gasteiger partial charge in [-0.2, -0.15) is 0 Å². The van der Waals surface area contributed by atoms with Gasteiger partial charge in [0.25, 0.3) is 0 Å². The van der Waals surface area contributed by atoms with E-state index in [0.29, 0.717) is 11.6 Å². The molecule has 0 aliphatic rings. The van der Waals surface area contributed by atoms with Crippen LogP contribution in [0.1, 0.15) is 18.5 Å². The van der Waals surface area contributed by atoms with Crippen LogP contribution in [0, 0.1) is 0 Å². The van der Waals surface area contributed by atoms with E-state index in [1.807, 2.05) is 67.6 Å². The van der Waals surface area contributed by atoms with E-state index >= 15 is 0 Å². The van der Waals surface area contributed by atoms with Gasteiger partial charge in [-0.1, -0.05) is 54.1 Å². The van der Waals surface area contributed by atoms with Gasteiger partial charge in [0.1, 0.15) is 18.5 Å². The maximum atomic E-state index is 10.2. The number of halogens is 2. The largest absolute Gasteiger partial charge is 0.491 e. The van der Waals surface area contributed by atoms with E-state index in [2.05, 4.69) is 11.4 Å². The standard InChI is InChI=1S/C21H22ClNO2.ClH/c1-15(17-7-4-8-19(22)11-17)23-13-20(24)14-25-21-10-9-16-5-2-3-6-18(16)12-21;/h2-12,15,20,23-24H,13-14H2,1H3;1H. The first-order chi connectivity index (χ1) is 12.1. The quantitative estimate of drug-likeness (QED) is 0.594. The average molecular weight is 392 g/mol. The van der Waals surface area contributed by atoms with Gasteiger partial charge in [0.05, 0.1) is 0 Å². The first-order valence-electron chi connectivity index (χ1n) is 8.40. The summed E-state index contributed by atoms with van der Waals surface area (Å²) in [4.78, 5) is 0. The van der Waals surface area contributed by atoms with Crippen LogP contribution in [0.2, 0.25) is 5.02 Å². The lowest BCUT2D eigenvalue weighted by molar-refractivity contribution is 0.104. The van der Waals surface area contributed by atoms with Crippen molar-refractivity contribution in [3.05, 3.63) is 77.3 Å². The molecule has 0 aliphatic heterocycles. The maximum absolute atomic E-state index is 10.2. The van der Waals surface area contributed by atoms with Gasteiger partial charge in [0.15, 0.2) is 0 Å². The minimum absolute atomic E-state index is 0. The molecule has 3 nitrogen and oxygen atoms in total. The highest BCUT2D eigenvalue weighted by atomic mass is 35.5. The Kier molecular flexibility index (Phi) is 7.73. The lowest BCUT2D eigenvalue weighted by atomic mass is 10.1. The molecule has 0 amide bonds. The number of ether oxygens (including phenoxy) is 1. The van der Waals surface area contributed by atoms with Crippen molar-refractivity contribution in [2.24, 2.45) is 0 Å². The molecule has 0 bridgehead atoms. The Labute approximate surface area is 165 Å². The highest BCUT2D eigenvalue weighted by Crippen LogP contribution is 2.21. The molecule has 0 spiro atoms. The monoisotopic (exact) mass is 391 g/mol. The molecule has 26 heavy (non-hydrogen) atoms. The molecule has 3 aromatic carbocycles. The van der Waals surface area contributed by atoms with E-state index in [0.717, 1.165) is 16.7 Å². The Morgan fingerprint density at radius 1 is 1.00 bits per heavy atom. The summed E-state index contributed by atoms with van der Waals surface area (Å²) in [6, 6.07) is 21.9. The molecule has 3 aromatic rings. The van der Waals surface area contributed by atoms with Crippen LogP contribution in [0.4, 0.5) is 0 Å². The summed E-state index contributed by atoms with van der Waals surface area (Å²) < 4.78 is 5.72. The number of nitrogens with one attached hydrogen (secondary N) is 1. The molecular weight excluding hydrogens is 369 g/mol. The molecule has 0 fully saturated rings. The Balaban J connectivity index is 0.00000243. The van der Waals surface area contributed by atoms with E-state index in [1.54, 1.807) is 0 Å². The minimum Gasteiger partial charge on any atom is -0.491 e. The summed E-state index contributed by atoms with van der Waals surface area (Å²) in [5.74, 6) is 0.764. The Morgan fingerprint density at radius 3 is 2.54 bits per heavy atom. The molecule has 0 saturated heterocycles. The first kappa shape index (κ1) is 20.5. The van der Waals surface area contributed by atoms with Crippen molar-refractivity contribution in [3.63, 3.8) is 0 Å². The Morgan fingerprint density at radius 2 is 1.77 bits per heavy atom. The zero-order chi connectivity index (χ0) is 17.6. The molecule has 5 heteroatoms. The molecule has 3 rings (SSSR count). The minimum atomic E-state index is -0.590. The SMILES string of the molecule is CC(NCC(O)COc1ccc2ccccc2c1)c1cccc(Cl)c1.Cl. The third-order valence-corrected chi connectivity index (χ3v) is 4.41. The average Bonchev–Trinajstić information content (AvgIpc) is 2.64. The number of hydrogen-bond acceptors (Lipinski definition) is 3. The molecule has 2 N–H and O–H groups in total. The van der Waals surface area contributed by atoms with Crippen LogP contribution in [0.25, 0.3) is 10.8 Å². The number of benzene rings is 3. The highest BCUT2D eigenvalue weighted by molar-refractivity contribution is 6.30. The second kappa shape index (κ2) is 9.79. The van der Waals surface area contributed by atoms with E-state index in [4.69, 9.17) is 16.3 Å². The van der Waals surface area contributed by atoms with Gasteiger partial charge in [0, 0.05) is 17.6 Å². The van der Waals surface area contributed by atoms with Gasteiger partial charge in [-0.25, -0.2) is 0 Å². The van der Waals surface area contributed by atoms with Crippen LogP contribution in [-0.2, 0) is 0 Å². The third kappa shape index (κ3) is 5.61. The molecule has 138 valence electrons. The van der Waals surface area contributed by atoms with E-state index in [1.165, 1.54) is 5.39 Å². The van der Waals surface area contributed by atoms with Crippen LogP contribution in [-0.4, -0.2) is 24.4 Å². The summed E-state index contributed by atoms with van der Waals surface area (Å²) >= 11 is 6.01. The molecular formula is C21H23Cl2NO2. The molecule has 0 aliphatic carbocycles. The molecule has 2 unspecified atom stereocenters. The van der Waals surface area contributed by atoms with E-state index in [9.17, 15) is 5.11 Å². The van der Waals surface area contributed by atoms with Gasteiger partial charge in [0.2, 0.25) is 0 Å². The normalized spacial score (nSPS) is 13.0. The fraction of sp³-hybridized carbons (Fsp3) is 0.238. The van der Waals surface area contributed by atoms with Gasteiger partial charge >= 0.3 is 0 Å². The molecule has 0 aromatic heterocycles. The number of fused-ring (bicyclic) bond motifs is 1. The van der Waals surface area contributed by atoms with Gasteiger partial charge in [-0.3, -0.25) is 0 Å². The van der Waals surface area contributed by atoms with Crippen molar-refractivity contribution in [1.82, 2.24) is 5.32 Å². The maximum Gasteiger partial charge on any atom is 0.120 e. The van der Waals surface area contributed by atoms with E-state index < -0.39 is 6.10 Å². The summed E-state index contributed by atoms with van der Waals surface area (Å²) in [5, 5.41) is 16.5. The van der Waals surface area contributed by atoms with Crippen LogP contribution < -0.4 is 10.1 Å². The van der Waals surface area contributed by atoms with Crippen LogP contribution >= 0.6 is 24.0 Å². The van der Waals surface area contributed by atoms with Crippen molar-refractivity contribution in [1.29, 1.82) is 0 Å². The fourth-order valence-electron chi connectivity index (χ4n) is 2.72. The first-order valence-corrected chi connectivity index (χ1v) is 8.78. The van der Waals surface area contributed by atoms with Crippen molar-refractivity contribution in [3.8, 4) is 5.75 Å². The molecule has 0 saturated carbocycles. The van der Waals surface area contributed by atoms with Crippen molar-refractivity contribution in [2.45, 2.75) is 19.1 Å². The van der Waals surface area contributed by atoms with Crippen molar-refractivity contribution < 1.29 is 9.84 Å². The summed E-state index contributed by atoms with van der Waals surface area (Å²) in [6.07, 6.45) is -0.590. The number of rotatable bonds is 7. The second-order valence-corrected chi connectivity index (χ2v) is 6.60. The lowest BCUT2D eigenvalue weighted by Crippen LogP contribution is -2.33. The number of aliphatic hydroxyl groups is 1. The zero-order valence-electron chi connectivity index (χ0n) is 14.6. The Hall–Kier alpha value is -1.78.